The Hall–Kier alpha value is 0.423. The Kier molecular flexibility index (Phi) is 2.82. The van der Waals surface area contributed by atoms with Gasteiger partial charge in [-0.25, -0.2) is 0 Å². The van der Waals surface area contributed by atoms with E-state index in [-0.39, 0.29) is 0 Å². The molecule has 1 N–H and O–H groups in total. The fourth-order valence-corrected chi connectivity index (χ4v) is 0.581. The molecule has 0 spiro atoms. The average Bonchev–Trinajstić information content (AvgIpc) is 1.30. The summed E-state index contributed by atoms with van der Waals surface area (Å²) in [6.07, 6.45) is 0. The molecule has 44 valence electrons. The standard InChI is InChI=1S/C3H10GeO3/c1-4(2,3)6-7-5/h5H,1-3H3. The molecule has 0 radical (unpaired) electrons. The number of hydrogen-bond donors (Lipinski definition) is 1. The topological polar surface area (TPSA) is 38.7 Å². The van der Waals surface area contributed by atoms with Gasteiger partial charge in [0, 0.05) is 0 Å². The van der Waals surface area contributed by atoms with Gasteiger partial charge < -0.3 is 0 Å². The van der Waals surface area contributed by atoms with E-state index in [1.165, 1.54) is 0 Å². The van der Waals surface area contributed by atoms with E-state index in [2.05, 4.69) is 8.95 Å². The van der Waals surface area contributed by atoms with Gasteiger partial charge in [0.15, 0.2) is 0 Å². The Morgan fingerprint density at radius 2 is 1.71 bits per heavy atom. The van der Waals surface area contributed by atoms with E-state index in [9.17, 15) is 0 Å². The van der Waals surface area contributed by atoms with Gasteiger partial charge in [-0.15, -0.1) is 0 Å². The number of rotatable bonds is 2. The normalized spacial score (nSPS) is 12.0. The second kappa shape index (κ2) is 2.66. The van der Waals surface area contributed by atoms with Gasteiger partial charge in [-0.1, -0.05) is 0 Å². The van der Waals surface area contributed by atoms with Crippen molar-refractivity contribution in [2.45, 2.75) is 17.3 Å². The van der Waals surface area contributed by atoms with Crippen LogP contribution in [0, 0.1) is 0 Å². The second-order valence-electron chi connectivity index (χ2n) is 2.27. The van der Waals surface area contributed by atoms with Gasteiger partial charge in [0.1, 0.15) is 0 Å². The number of hydrogen-bond acceptors (Lipinski definition) is 3. The predicted molar refractivity (Wildman–Crippen MR) is 28.1 cm³/mol. The molecule has 0 saturated heterocycles. The summed E-state index contributed by atoms with van der Waals surface area (Å²) >= 11 is -2.05. The minimum atomic E-state index is -2.05. The predicted octanol–water partition coefficient (Wildman–Crippen LogP) is 1.24. The van der Waals surface area contributed by atoms with E-state index in [0.717, 1.165) is 0 Å². The van der Waals surface area contributed by atoms with Crippen molar-refractivity contribution in [1.29, 1.82) is 0 Å². The maximum absolute atomic E-state index is 7.73. The molecule has 0 fully saturated rings. The van der Waals surface area contributed by atoms with Crippen molar-refractivity contribution in [2.24, 2.45) is 0 Å². The van der Waals surface area contributed by atoms with Crippen molar-refractivity contribution < 1.29 is 14.2 Å². The first-order valence-electron chi connectivity index (χ1n) is 2.05. The molecule has 0 heterocycles. The maximum atomic E-state index is 7.73. The molecule has 0 aliphatic heterocycles. The summed E-state index contributed by atoms with van der Waals surface area (Å²) in [6.45, 7) is 0. The van der Waals surface area contributed by atoms with Gasteiger partial charge >= 0.3 is 45.1 Å². The van der Waals surface area contributed by atoms with Crippen molar-refractivity contribution in [1.82, 2.24) is 0 Å². The van der Waals surface area contributed by atoms with Crippen LogP contribution < -0.4 is 0 Å². The van der Waals surface area contributed by atoms with Gasteiger partial charge in [-0.05, 0) is 0 Å². The molecular weight excluding hydrogens is 157 g/mol. The summed E-state index contributed by atoms with van der Waals surface area (Å²) in [5, 5.41) is 11.2. The van der Waals surface area contributed by atoms with Crippen molar-refractivity contribution in [3.8, 4) is 0 Å². The minimum absolute atomic E-state index is 1.95. The van der Waals surface area contributed by atoms with Gasteiger partial charge in [-0.3, -0.25) is 0 Å². The van der Waals surface area contributed by atoms with Crippen LogP contribution in [0.25, 0.3) is 0 Å². The first-order valence-corrected chi connectivity index (χ1v) is 9.20. The molecule has 0 aromatic heterocycles. The van der Waals surface area contributed by atoms with Gasteiger partial charge in [-0.2, -0.15) is 0 Å². The van der Waals surface area contributed by atoms with Crippen LogP contribution in [0.5, 0.6) is 0 Å². The third-order valence-electron chi connectivity index (χ3n) is 0.287. The summed E-state index contributed by atoms with van der Waals surface area (Å²) in [6, 6.07) is 0. The Morgan fingerprint density at radius 3 is 1.71 bits per heavy atom. The van der Waals surface area contributed by atoms with Crippen LogP contribution in [0.3, 0.4) is 0 Å². The fourth-order valence-electron chi connectivity index (χ4n) is 0.112. The summed E-state index contributed by atoms with van der Waals surface area (Å²) in [7, 11) is 0. The second-order valence-corrected chi connectivity index (χ2v) is 11.5. The summed E-state index contributed by atoms with van der Waals surface area (Å²) in [4.78, 5) is 0. The molecule has 0 atom stereocenters. The van der Waals surface area contributed by atoms with E-state index >= 15 is 0 Å². The van der Waals surface area contributed by atoms with Crippen LogP contribution in [-0.2, 0) is 8.95 Å². The van der Waals surface area contributed by atoms with Crippen molar-refractivity contribution in [3.63, 3.8) is 0 Å². The third kappa shape index (κ3) is 6.42. The zero-order valence-corrected chi connectivity index (χ0v) is 6.86. The van der Waals surface area contributed by atoms with Crippen LogP contribution in [0.1, 0.15) is 0 Å². The molecule has 4 heteroatoms. The molecule has 0 bridgehead atoms. The average molecular weight is 167 g/mol. The summed E-state index contributed by atoms with van der Waals surface area (Å²) in [5.41, 5.74) is 0. The molecule has 0 amide bonds. The summed E-state index contributed by atoms with van der Waals surface area (Å²) < 4.78 is 4.47. The van der Waals surface area contributed by atoms with E-state index in [0.29, 0.717) is 0 Å². The Morgan fingerprint density at radius 1 is 1.29 bits per heavy atom. The van der Waals surface area contributed by atoms with Crippen LogP contribution in [-0.4, -0.2) is 18.9 Å². The Bertz CT molecular complexity index is 48.6. The van der Waals surface area contributed by atoms with Crippen LogP contribution >= 0.6 is 0 Å². The summed E-state index contributed by atoms with van der Waals surface area (Å²) in [5.74, 6) is 5.86. The fraction of sp³-hybridized carbons (Fsp3) is 1.00. The Balaban J connectivity index is 3.15. The Labute approximate surface area is 45.8 Å². The first-order chi connectivity index (χ1) is 3.06. The zero-order chi connectivity index (χ0) is 5.91. The van der Waals surface area contributed by atoms with Crippen molar-refractivity contribution in [2.75, 3.05) is 0 Å². The van der Waals surface area contributed by atoms with Gasteiger partial charge in [0.2, 0.25) is 0 Å². The third-order valence-corrected chi connectivity index (χ3v) is 1.49. The van der Waals surface area contributed by atoms with E-state index in [1.54, 1.807) is 0 Å². The van der Waals surface area contributed by atoms with E-state index < -0.39 is 13.6 Å². The van der Waals surface area contributed by atoms with Crippen molar-refractivity contribution >= 4 is 13.6 Å². The molecule has 0 saturated carbocycles. The van der Waals surface area contributed by atoms with Crippen LogP contribution in [0.2, 0.25) is 17.3 Å². The van der Waals surface area contributed by atoms with Gasteiger partial charge in [0.05, 0.1) is 0 Å². The van der Waals surface area contributed by atoms with Crippen molar-refractivity contribution in [3.05, 3.63) is 0 Å². The quantitative estimate of drug-likeness (QED) is 0.381. The SMILES string of the molecule is [CH3][Ge]([CH3])([CH3])[O]OO. The molecule has 7 heavy (non-hydrogen) atoms. The molecule has 0 unspecified atom stereocenters. The zero-order valence-electron chi connectivity index (χ0n) is 4.76. The molecule has 0 rings (SSSR count). The molecule has 0 aliphatic rings. The molecule has 0 aromatic carbocycles. The van der Waals surface area contributed by atoms with E-state index in [4.69, 9.17) is 5.26 Å². The monoisotopic (exact) mass is 168 g/mol. The van der Waals surface area contributed by atoms with Crippen LogP contribution in [0.15, 0.2) is 0 Å². The van der Waals surface area contributed by atoms with Gasteiger partial charge in [0.25, 0.3) is 0 Å². The molecular formula is C3H10GeO3. The van der Waals surface area contributed by atoms with E-state index in [1.807, 2.05) is 17.3 Å². The first kappa shape index (κ1) is 7.42. The molecule has 0 aromatic rings. The van der Waals surface area contributed by atoms with Crippen LogP contribution in [0.4, 0.5) is 0 Å². The molecule has 0 aliphatic carbocycles. The molecule has 3 nitrogen and oxygen atoms in total.